The van der Waals surface area contributed by atoms with E-state index in [1.165, 1.54) is 18.2 Å². The molecule has 0 saturated carbocycles. The van der Waals surface area contributed by atoms with E-state index in [4.69, 9.17) is 32.3 Å². The molecule has 0 saturated heterocycles. The average molecular weight is 336 g/mol. The first-order valence-corrected chi connectivity index (χ1v) is 8.63. The molecule has 1 rings (SSSR count). The van der Waals surface area contributed by atoms with Crippen LogP contribution >= 0.6 is 22.3 Å². The summed E-state index contributed by atoms with van der Waals surface area (Å²) < 4.78 is 28.3. The van der Waals surface area contributed by atoms with Gasteiger partial charge in [0.25, 0.3) is 9.05 Å². The fourth-order valence-electron chi connectivity index (χ4n) is 1.54. The van der Waals surface area contributed by atoms with Crippen LogP contribution in [0.5, 0.6) is 5.75 Å². The quantitative estimate of drug-likeness (QED) is 0.582. The Morgan fingerprint density at radius 1 is 1.40 bits per heavy atom. The number of hydrogen-bond donors (Lipinski definition) is 0. The van der Waals surface area contributed by atoms with Crippen molar-refractivity contribution in [2.45, 2.75) is 31.6 Å². The van der Waals surface area contributed by atoms with Crippen LogP contribution in [-0.4, -0.2) is 15.0 Å². The van der Waals surface area contributed by atoms with Gasteiger partial charge in [0.2, 0.25) is 0 Å². The molecular weight excluding hydrogens is 321 g/mol. The molecule has 0 amide bonds. The van der Waals surface area contributed by atoms with Crippen LogP contribution in [0.4, 0.5) is 0 Å². The van der Waals surface area contributed by atoms with E-state index in [0.717, 1.165) is 0 Å². The summed E-state index contributed by atoms with van der Waals surface area (Å²) in [5.74, 6) is 0.166. The zero-order valence-corrected chi connectivity index (χ0v) is 13.5. The second kappa shape index (κ2) is 6.66. The first kappa shape index (κ1) is 17.1. The van der Waals surface area contributed by atoms with E-state index in [-0.39, 0.29) is 15.7 Å². The fourth-order valence-corrected chi connectivity index (χ4v) is 2.78. The van der Waals surface area contributed by atoms with Crippen molar-refractivity contribution in [1.29, 1.82) is 5.26 Å². The number of nitriles is 1. The summed E-state index contributed by atoms with van der Waals surface area (Å²) in [6.07, 6.45) is 1.28. The van der Waals surface area contributed by atoms with Crippen LogP contribution < -0.4 is 4.74 Å². The van der Waals surface area contributed by atoms with Crippen LogP contribution in [0.15, 0.2) is 23.1 Å². The molecule has 1 aromatic rings. The lowest BCUT2D eigenvalue weighted by Gasteiger charge is -2.15. The topological polar surface area (TPSA) is 67.2 Å². The van der Waals surface area contributed by atoms with Crippen molar-refractivity contribution in [2.75, 3.05) is 6.61 Å². The minimum absolute atomic E-state index is 0.147. The molecular formula is C13H15Cl2NO3S. The summed E-state index contributed by atoms with van der Waals surface area (Å²) in [5, 5.41) is 9.16. The number of nitrogens with zero attached hydrogens (tertiary/aromatic N) is 1. The number of halogens is 2. The Morgan fingerprint density at radius 3 is 2.60 bits per heavy atom. The lowest BCUT2D eigenvalue weighted by molar-refractivity contribution is 0.278. The van der Waals surface area contributed by atoms with E-state index in [1.54, 1.807) is 0 Å². The molecule has 1 aromatic carbocycles. The molecule has 0 aliphatic heterocycles. The highest BCUT2D eigenvalue weighted by atomic mass is 35.7. The molecule has 0 radical (unpaired) electrons. The largest absolute Gasteiger partial charge is 0.492 e. The molecule has 0 aliphatic carbocycles. The molecule has 0 bridgehead atoms. The van der Waals surface area contributed by atoms with Gasteiger partial charge in [-0.25, -0.2) is 8.42 Å². The fraction of sp³-hybridized carbons (Fsp3) is 0.462. The van der Waals surface area contributed by atoms with Crippen LogP contribution in [0.1, 0.15) is 26.7 Å². The second-order valence-electron chi connectivity index (χ2n) is 4.98. The van der Waals surface area contributed by atoms with E-state index in [9.17, 15) is 8.42 Å². The van der Waals surface area contributed by atoms with Crippen molar-refractivity contribution in [3.63, 3.8) is 0 Å². The Hall–Kier alpha value is -0.960. The van der Waals surface area contributed by atoms with Gasteiger partial charge in [-0.1, -0.05) is 11.6 Å². The van der Waals surface area contributed by atoms with Crippen molar-refractivity contribution in [3.05, 3.63) is 23.2 Å². The van der Waals surface area contributed by atoms with Gasteiger partial charge in [0, 0.05) is 15.7 Å². The van der Waals surface area contributed by atoms with Crippen molar-refractivity contribution >= 4 is 31.3 Å². The van der Waals surface area contributed by atoms with E-state index < -0.39 is 14.5 Å². The van der Waals surface area contributed by atoms with Crippen molar-refractivity contribution < 1.29 is 13.2 Å². The monoisotopic (exact) mass is 335 g/mol. The highest BCUT2D eigenvalue weighted by Crippen LogP contribution is 2.30. The number of benzene rings is 1. The molecule has 0 spiro atoms. The van der Waals surface area contributed by atoms with Gasteiger partial charge in [0.05, 0.1) is 18.1 Å². The van der Waals surface area contributed by atoms with Gasteiger partial charge in [-0.2, -0.15) is 5.26 Å². The van der Waals surface area contributed by atoms with Gasteiger partial charge in [0.1, 0.15) is 10.6 Å². The van der Waals surface area contributed by atoms with E-state index in [1.807, 2.05) is 13.8 Å². The zero-order valence-electron chi connectivity index (χ0n) is 11.2. The molecule has 0 aliphatic rings. The van der Waals surface area contributed by atoms with Gasteiger partial charge in [-0.05, 0) is 44.9 Å². The molecule has 20 heavy (non-hydrogen) atoms. The standard InChI is InChI=1S/C13H15Cl2NO3S/c1-13(2,9-16)6-3-7-19-11-5-4-10(14)8-12(11)20(15,17)18/h4-5,8H,3,6-7H2,1-2H3. The van der Waals surface area contributed by atoms with E-state index in [0.29, 0.717) is 19.4 Å². The molecule has 0 fully saturated rings. The lowest BCUT2D eigenvalue weighted by Crippen LogP contribution is -2.10. The van der Waals surface area contributed by atoms with Crippen LogP contribution in [-0.2, 0) is 9.05 Å². The Bertz CT molecular complexity index is 621. The Kier molecular flexibility index (Phi) is 5.69. The van der Waals surface area contributed by atoms with E-state index in [2.05, 4.69) is 6.07 Å². The Balaban J connectivity index is 2.73. The van der Waals surface area contributed by atoms with Gasteiger partial charge in [-0.15, -0.1) is 0 Å². The van der Waals surface area contributed by atoms with Crippen LogP contribution in [0.25, 0.3) is 0 Å². The average Bonchev–Trinajstić information content (AvgIpc) is 2.35. The Labute approximate surface area is 128 Å². The van der Waals surface area contributed by atoms with Crippen LogP contribution in [0.2, 0.25) is 5.02 Å². The summed E-state index contributed by atoms with van der Waals surface area (Å²) in [5.41, 5.74) is -0.426. The third-order valence-electron chi connectivity index (χ3n) is 2.67. The van der Waals surface area contributed by atoms with Crippen LogP contribution in [0, 0.1) is 16.7 Å². The first-order valence-electron chi connectivity index (χ1n) is 5.94. The predicted molar refractivity (Wildman–Crippen MR) is 78.6 cm³/mol. The minimum atomic E-state index is -3.92. The molecule has 4 nitrogen and oxygen atoms in total. The summed E-state index contributed by atoms with van der Waals surface area (Å²) in [6.45, 7) is 3.97. The van der Waals surface area contributed by atoms with Crippen molar-refractivity contribution in [2.24, 2.45) is 5.41 Å². The number of ether oxygens (including phenoxy) is 1. The van der Waals surface area contributed by atoms with E-state index >= 15 is 0 Å². The van der Waals surface area contributed by atoms with Gasteiger partial charge in [-0.3, -0.25) is 0 Å². The molecule has 0 aromatic heterocycles. The third kappa shape index (κ3) is 5.20. The van der Waals surface area contributed by atoms with Gasteiger partial charge >= 0.3 is 0 Å². The van der Waals surface area contributed by atoms with Gasteiger partial charge in [0.15, 0.2) is 0 Å². The smallest absolute Gasteiger partial charge is 0.265 e. The molecule has 0 heterocycles. The van der Waals surface area contributed by atoms with Crippen LogP contribution in [0.3, 0.4) is 0 Å². The maximum absolute atomic E-state index is 11.4. The summed E-state index contributed by atoms with van der Waals surface area (Å²) >= 11 is 5.75. The first-order chi connectivity index (χ1) is 9.15. The minimum Gasteiger partial charge on any atom is -0.492 e. The van der Waals surface area contributed by atoms with Crippen molar-refractivity contribution in [1.82, 2.24) is 0 Å². The van der Waals surface area contributed by atoms with Gasteiger partial charge < -0.3 is 4.74 Å². The summed E-state index contributed by atoms with van der Waals surface area (Å²) in [6, 6.07) is 6.44. The summed E-state index contributed by atoms with van der Waals surface area (Å²) in [7, 11) is 1.42. The molecule has 0 atom stereocenters. The van der Waals surface area contributed by atoms with Crippen molar-refractivity contribution in [3.8, 4) is 11.8 Å². The molecule has 110 valence electrons. The predicted octanol–water partition coefficient (Wildman–Crippen LogP) is 3.98. The highest BCUT2D eigenvalue weighted by molar-refractivity contribution is 8.13. The summed E-state index contributed by atoms with van der Waals surface area (Å²) in [4.78, 5) is -0.147. The molecule has 0 unspecified atom stereocenters. The zero-order chi connectivity index (χ0) is 15.4. The second-order valence-corrected chi connectivity index (χ2v) is 7.95. The number of hydrogen-bond acceptors (Lipinski definition) is 4. The lowest BCUT2D eigenvalue weighted by atomic mass is 9.90. The number of rotatable bonds is 6. The highest BCUT2D eigenvalue weighted by Gasteiger charge is 2.19. The molecule has 7 heteroatoms. The normalized spacial score (nSPS) is 11.9. The molecule has 0 N–H and O–H groups in total. The Morgan fingerprint density at radius 2 is 2.05 bits per heavy atom. The maximum atomic E-state index is 11.4. The third-order valence-corrected chi connectivity index (χ3v) is 4.25. The maximum Gasteiger partial charge on any atom is 0.265 e. The SMILES string of the molecule is CC(C)(C#N)CCCOc1ccc(Cl)cc1S(=O)(=O)Cl.